The van der Waals surface area contributed by atoms with Crippen LogP contribution in [0.2, 0.25) is 0 Å². The summed E-state index contributed by atoms with van der Waals surface area (Å²) in [6.45, 7) is 2.74. The highest BCUT2D eigenvalue weighted by molar-refractivity contribution is 5.74. The third kappa shape index (κ3) is 2.27. The number of fused-ring (bicyclic) bond motifs is 1. The number of benzene rings is 1. The Bertz CT molecular complexity index is 487. The van der Waals surface area contributed by atoms with E-state index in [2.05, 4.69) is 17.4 Å². The Kier molecular flexibility index (Phi) is 2.90. The fourth-order valence-electron chi connectivity index (χ4n) is 3.59. The van der Waals surface area contributed by atoms with Crippen molar-refractivity contribution in [1.82, 2.24) is 5.32 Å². The average molecular weight is 259 g/mol. The molecule has 2 fully saturated rings. The zero-order chi connectivity index (χ0) is 13.5. The van der Waals surface area contributed by atoms with E-state index in [0.717, 1.165) is 32.2 Å². The Balaban J connectivity index is 1.67. The molecule has 19 heavy (non-hydrogen) atoms. The van der Waals surface area contributed by atoms with Crippen LogP contribution in [0.25, 0.3) is 0 Å². The van der Waals surface area contributed by atoms with Crippen molar-refractivity contribution in [2.24, 2.45) is 11.3 Å². The molecule has 3 unspecified atom stereocenters. The van der Waals surface area contributed by atoms with Gasteiger partial charge in [0.05, 0.1) is 5.41 Å². The second-order valence-electron chi connectivity index (χ2n) is 6.48. The Morgan fingerprint density at radius 1 is 1.42 bits per heavy atom. The van der Waals surface area contributed by atoms with Crippen LogP contribution in [-0.4, -0.2) is 16.6 Å². The van der Waals surface area contributed by atoms with E-state index in [9.17, 15) is 9.90 Å². The van der Waals surface area contributed by atoms with Gasteiger partial charge in [0.1, 0.15) is 0 Å². The van der Waals surface area contributed by atoms with Crippen LogP contribution < -0.4 is 5.32 Å². The van der Waals surface area contributed by atoms with Crippen molar-refractivity contribution in [3.63, 3.8) is 0 Å². The van der Waals surface area contributed by atoms with Crippen LogP contribution in [0.15, 0.2) is 30.3 Å². The molecule has 1 aromatic rings. The van der Waals surface area contributed by atoms with Gasteiger partial charge in [0.15, 0.2) is 0 Å². The molecule has 0 aromatic heterocycles. The minimum Gasteiger partial charge on any atom is -0.481 e. The predicted molar refractivity (Wildman–Crippen MR) is 73.7 cm³/mol. The summed E-state index contributed by atoms with van der Waals surface area (Å²) < 4.78 is 0. The number of hydrogen-bond acceptors (Lipinski definition) is 2. The summed E-state index contributed by atoms with van der Waals surface area (Å²) >= 11 is 0. The monoisotopic (exact) mass is 259 g/mol. The highest BCUT2D eigenvalue weighted by atomic mass is 16.4. The van der Waals surface area contributed by atoms with Gasteiger partial charge in [0, 0.05) is 12.1 Å². The van der Waals surface area contributed by atoms with Gasteiger partial charge in [-0.3, -0.25) is 4.79 Å². The molecule has 102 valence electrons. The molecule has 2 aliphatic rings. The first kappa shape index (κ1) is 12.7. The fourth-order valence-corrected chi connectivity index (χ4v) is 3.59. The molecule has 1 aromatic carbocycles. The van der Waals surface area contributed by atoms with Gasteiger partial charge >= 0.3 is 5.97 Å². The van der Waals surface area contributed by atoms with Crippen molar-refractivity contribution in [2.75, 3.05) is 0 Å². The summed E-state index contributed by atoms with van der Waals surface area (Å²) in [5, 5.41) is 13.0. The van der Waals surface area contributed by atoms with Gasteiger partial charge in [-0.2, -0.15) is 0 Å². The molecule has 3 nitrogen and oxygen atoms in total. The molecule has 0 heterocycles. The summed E-state index contributed by atoms with van der Waals surface area (Å²) in [4.78, 5) is 11.4. The normalized spacial score (nSPS) is 36.6. The topological polar surface area (TPSA) is 49.3 Å². The maximum atomic E-state index is 11.4. The zero-order valence-corrected chi connectivity index (χ0v) is 11.4. The second-order valence-corrected chi connectivity index (χ2v) is 6.48. The molecule has 0 bridgehead atoms. The van der Waals surface area contributed by atoms with Crippen molar-refractivity contribution in [3.05, 3.63) is 35.9 Å². The molecule has 2 saturated carbocycles. The highest BCUT2D eigenvalue weighted by Gasteiger charge is 2.61. The Hall–Kier alpha value is -1.35. The van der Waals surface area contributed by atoms with Crippen LogP contribution in [0.3, 0.4) is 0 Å². The van der Waals surface area contributed by atoms with E-state index in [1.54, 1.807) is 0 Å². The van der Waals surface area contributed by atoms with Crippen molar-refractivity contribution in [1.29, 1.82) is 0 Å². The van der Waals surface area contributed by atoms with Crippen LogP contribution in [0, 0.1) is 11.3 Å². The second kappa shape index (κ2) is 4.34. The summed E-state index contributed by atoms with van der Waals surface area (Å²) in [6, 6.07) is 10.3. The van der Waals surface area contributed by atoms with Crippen LogP contribution in [-0.2, 0) is 11.3 Å². The van der Waals surface area contributed by atoms with E-state index >= 15 is 0 Å². The van der Waals surface area contributed by atoms with Gasteiger partial charge in [-0.25, -0.2) is 0 Å². The average Bonchev–Trinajstić information content (AvgIpc) is 3.11. The quantitative estimate of drug-likeness (QED) is 0.874. The summed E-state index contributed by atoms with van der Waals surface area (Å²) in [5.74, 6) is 0.0439. The van der Waals surface area contributed by atoms with E-state index in [1.807, 2.05) is 25.1 Å². The number of nitrogens with one attached hydrogen (secondary N) is 1. The lowest BCUT2D eigenvalue weighted by atomic mass is 9.73. The van der Waals surface area contributed by atoms with Crippen molar-refractivity contribution in [2.45, 2.75) is 44.7 Å². The first-order valence-corrected chi connectivity index (χ1v) is 7.06. The summed E-state index contributed by atoms with van der Waals surface area (Å²) in [6.07, 6.45) is 3.78. The van der Waals surface area contributed by atoms with E-state index in [0.29, 0.717) is 5.92 Å². The molecule has 0 spiro atoms. The van der Waals surface area contributed by atoms with E-state index in [1.165, 1.54) is 5.56 Å². The van der Waals surface area contributed by atoms with Gasteiger partial charge in [-0.15, -0.1) is 0 Å². The van der Waals surface area contributed by atoms with Gasteiger partial charge < -0.3 is 10.4 Å². The highest BCUT2D eigenvalue weighted by Crippen LogP contribution is 2.59. The Morgan fingerprint density at radius 3 is 2.84 bits per heavy atom. The minimum atomic E-state index is -0.640. The largest absolute Gasteiger partial charge is 0.481 e. The van der Waals surface area contributed by atoms with E-state index in [4.69, 9.17) is 0 Å². The fraction of sp³-hybridized carbons (Fsp3) is 0.562. The number of aliphatic carboxylic acids is 1. The molecule has 0 radical (unpaired) electrons. The number of hydrogen-bond donors (Lipinski definition) is 2. The molecule has 3 atom stereocenters. The first-order chi connectivity index (χ1) is 9.04. The van der Waals surface area contributed by atoms with Gasteiger partial charge in [0.25, 0.3) is 0 Å². The van der Waals surface area contributed by atoms with E-state index in [-0.39, 0.29) is 5.54 Å². The molecular formula is C16H21NO2. The predicted octanol–water partition coefficient (Wildman–Crippen LogP) is 2.81. The lowest BCUT2D eigenvalue weighted by Gasteiger charge is -2.35. The summed E-state index contributed by atoms with van der Waals surface area (Å²) in [5.41, 5.74) is 0.808. The molecular weight excluding hydrogens is 238 g/mol. The van der Waals surface area contributed by atoms with Crippen molar-refractivity contribution < 1.29 is 9.90 Å². The number of rotatable bonds is 4. The standard InChI is InChI=1S/C16H21NO2/c1-15(14(18)19)8-7-13-9-16(13,11-15)17-10-12-5-3-2-4-6-12/h2-6,13,17H,7-11H2,1H3,(H,18,19). The lowest BCUT2D eigenvalue weighted by Crippen LogP contribution is -2.44. The SMILES string of the molecule is CC1(C(=O)O)CCC2CC2(NCc2ccccc2)C1. The first-order valence-electron chi connectivity index (χ1n) is 7.06. The number of carbonyl (C=O) groups is 1. The van der Waals surface area contributed by atoms with Crippen molar-refractivity contribution >= 4 is 5.97 Å². The zero-order valence-electron chi connectivity index (χ0n) is 11.4. The molecule has 2 N–H and O–H groups in total. The number of carboxylic acid groups (broad SMARTS) is 1. The van der Waals surface area contributed by atoms with E-state index < -0.39 is 11.4 Å². The maximum Gasteiger partial charge on any atom is 0.309 e. The van der Waals surface area contributed by atoms with Crippen LogP contribution >= 0.6 is 0 Å². The Labute approximate surface area is 114 Å². The van der Waals surface area contributed by atoms with Gasteiger partial charge in [-0.05, 0) is 44.1 Å². The van der Waals surface area contributed by atoms with Gasteiger partial charge in [0.2, 0.25) is 0 Å². The maximum absolute atomic E-state index is 11.4. The lowest BCUT2D eigenvalue weighted by molar-refractivity contribution is -0.150. The Morgan fingerprint density at radius 2 is 2.16 bits per heavy atom. The van der Waals surface area contributed by atoms with Crippen LogP contribution in [0.4, 0.5) is 0 Å². The molecule has 2 aliphatic carbocycles. The molecule has 0 amide bonds. The molecule has 0 saturated heterocycles. The van der Waals surface area contributed by atoms with Crippen LogP contribution in [0.5, 0.6) is 0 Å². The summed E-state index contributed by atoms with van der Waals surface area (Å²) in [7, 11) is 0. The molecule has 3 rings (SSSR count). The van der Waals surface area contributed by atoms with Crippen LogP contribution in [0.1, 0.15) is 38.2 Å². The third-order valence-electron chi connectivity index (χ3n) is 4.99. The third-order valence-corrected chi connectivity index (χ3v) is 4.99. The molecule has 3 heteroatoms. The smallest absolute Gasteiger partial charge is 0.309 e. The van der Waals surface area contributed by atoms with Crippen molar-refractivity contribution in [3.8, 4) is 0 Å². The number of carboxylic acids is 1. The minimum absolute atomic E-state index is 0.0846. The molecule has 0 aliphatic heterocycles. The van der Waals surface area contributed by atoms with Gasteiger partial charge in [-0.1, -0.05) is 30.3 Å².